The second-order valence-corrected chi connectivity index (χ2v) is 4.61. The van der Waals surface area contributed by atoms with Crippen LogP contribution in [0, 0.1) is 12.7 Å². The van der Waals surface area contributed by atoms with Crippen molar-refractivity contribution in [1.82, 2.24) is 10.3 Å². The van der Waals surface area contributed by atoms with Gasteiger partial charge in [-0.1, -0.05) is 19.1 Å². The fourth-order valence-corrected chi connectivity index (χ4v) is 2.05. The maximum atomic E-state index is 14.0. The lowest BCUT2D eigenvalue weighted by Gasteiger charge is -2.14. The summed E-state index contributed by atoms with van der Waals surface area (Å²) in [5.74, 6) is 0.517. The Morgan fingerprint density at radius 1 is 1.25 bits per heavy atom. The highest BCUT2D eigenvalue weighted by atomic mass is 19.1. The van der Waals surface area contributed by atoms with Crippen molar-refractivity contribution in [2.45, 2.75) is 26.8 Å². The molecule has 3 nitrogen and oxygen atoms in total. The van der Waals surface area contributed by atoms with Gasteiger partial charge in [-0.3, -0.25) is 4.98 Å². The molecule has 1 aromatic heterocycles. The number of para-hydroxylation sites is 1. The zero-order valence-electron chi connectivity index (χ0n) is 12.0. The first-order chi connectivity index (χ1) is 9.65. The van der Waals surface area contributed by atoms with Gasteiger partial charge in [0.15, 0.2) is 11.6 Å². The van der Waals surface area contributed by atoms with Crippen LogP contribution < -0.4 is 10.1 Å². The van der Waals surface area contributed by atoms with Gasteiger partial charge in [0.2, 0.25) is 0 Å². The number of benzene rings is 1. The molecule has 0 unspecified atom stereocenters. The number of aryl methyl sites for hydroxylation is 2. The molecule has 2 rings (SSSR count). The lowest BCUT2D eigenvalue weighted by atomic mass is 10.2. The molecule has 2 aromatic rings. The summed E-state index contributed by atoms with van der Waals surface area (Å²) in [6.45, 7) is 4.48. The summed E-state index contributed by atoms with van der Waals surface area (Å²) in [5.41, 5.74) is 2.55. The van der Waals surface area contributed by atoms with Crippen LogP contribution in [0.2, 0.25) is 0 Å². The highest BCUT2D eigenvalue weighted by Gasteiger charge is 2.13. The third-order valence-electron chi connectivity index (χ3n) is 3.03. The van der Waals surface area contributed by atoms with Crippen LogP contribution >= 0.6 is 0 Å². The Hall–Kier alpha value is -1.94. The zero-order chi connectivity index (χ0) is 14.5. The van der Waals surface area contributed by atoms with E-state index in [0.717, 1.165) is 23.4 Å². The largest absolute Gasteiger partial charge is 0.452 e. The van der Waals surface area contributed by atoms with Crippen molar-refractivity contribution in [3.05, 3.63) is 53.1 Å². The number of rotatable bonds is 5. The van der Waals surface area contributed by atoms with Crippen LogP contribution in [0.5, 0.6) is 11.5 Å². The second kappa shape index (κ2) is 6.48. The third kappa shape index (κ3) is 3.14. The summed E-state index contributed by atoms with van der Waals surface area (Å²) in [6.07, 6.45) is 0.743. The van der Waals surface area contributed by atoms with Crippen LogP contribution in [0.25, 0.3) is 0 Å². The number of ether oxygens (including phenoxy) is 1. The molecule has 1 heterocycles. The van der Waals surface area contributed by atoms with E-state index in [-0.39, 0.29) is 11.6 Å². The first-order valence-electron chi connectivity index (χ1n) is 6.72. The van der Waals surface area contributed by atoms with E-state index in [0.29, 0.717) is 12.3 Å². The smallest absolute Gasteiger partial charge is 0.167 e. The minimum Gasteiger partial charge on any atom is -0.452 e. The fourth-order valence-electron chi connectivity index (χ4n) is 2.05. The molecule has 0 aliphatic heterocycles. The zero-order valence-corrected chi connectivity index (χ0v) is 12.0. The first-order valence-corrected chi connectivity index (χ1v) is 6.72. The minimum absolute atomic E-state index is 0.266. The number of nitrogens with one attached hydrogen (secondary N) is 1. The third-order valence-corrected chi connectivity index (χ3v) is 3.03. The molecule has 4 heteroatoms. The molecule has 0 saturated heterocycles. The van der Waals surface area contributed by atoms with E-state index < -0.39 is 0 Å². The molecule has 0 radical (unpaired) electrons. The van der Waals surface area contributed by atoms with E-state index in [1.54, 1.807) is 6.07 Å². The molecule has 0 amide bonds. The van der Waals surface area contributed by atoms with Crippen molar-refractivity contribution < 1.29 is 9.13 Å². The van der Waals surface area contributed by atoms with E-state index in [1.807, 2.05) is 39.1 Å². The lowest BCUT2D eigenvalue weighted by molar-refractivity contribution is 0.428. The van der Waals surface area contributed by atoms with Crippen molar-refractivity contribution in [2.24, 2.45) is 0 Å². The Morgan fingerprint density at radius 2 is 2.05 bits per heavy atom. The van der Waals surface area contributed by atoms with Crippen LogP contribution in [-0.2, 0) is 13.0 Å². The van der Waals surface area contributed by atoms with Crippen LogP contribution in [0.15, 0.2) is 30.3 Å². The van der Waals surface area contributed by atoms with E-state index >= 15 is 0 Å². The van der Waals surface area contributed by atoms with Crippen LogP contribution in [0.4, 0.5) is 4.39 Å². The molecular weight excluding hydrogens is 255 g/mol. The molecule has 0 aliphatic carbocycles. The molecule has 0 atom stereocenters. The Kier molecular flexibility index (Phi) is 4.69. The Morgan fingerprint density at radius 3 is 2.75 bits per heavy atom. The van der Waals surface area contributed by atoms with Crippen molar-refractivity contribution >= 4 is 0 Å². The van der Waals surface area contributed by atoms with E-state index in [2.05, 4.69) is 10.3 Å². The molecule has 0 fully saturated rings. The fraction of sp³-hybridized carbons (Fsp3) is 0.312. The molecule has 0 spiro atoms. The number of halogens is 1. The van der Waals surface area contributed by atoms with Gasteiger partial charge in [0.25, 0.3) is 0 Å². The Labute approximate surface area is 118 Å². The normalized spacial score (nSPS) is 10.6. The highest BCUT2D eigenvalue weighted by Crippen LogP contribution is 2.30. The van der Waals surface area contributed by atoms with Crippen molar-refractivity contribution in [1.29, 1.82) is 0 Å². The summed E-state index contributed by atoms with van der Waals surface area (Å²) in [4.78, 5) is 4.43. The van der Waals surface area contributed by atoms with Gasteiger partial charge in [0.1, 0.15) is 5.75 Å². The van der Waals surface area contributed by atoms with Crippen LogP contribution in [0.1, 0.15) is 23.9 Å². The van der Waals surface area contributed by atoms with Gasteiger partial charge in [-0.05, 0) is 38.6 Å². The number of hydrogen-bond acceptors (Lipinski definition) is 3. The number of nitrogens with zero attached hydrogens (tertiary/aromatic N) is 1. The van der Waals surface area contributed by atoms with Gasteiger partial charge >= 0.3 is 0 Å². The molecule has 20 heavy (non-hydrogen) atoms. The summed E-state index contributed by atoms with van der Waals surface area (Å²) < 4.78 is 19.8. The van der Waals surface area contributed by atoms with Crippen LogP contribution in [0.3, 0.4) is 0 Å². The number of hydrogen-bond donors (Lipinski definition) is 1. The predicted octanol–water partition coefficient (Wildman–Crippen LogP) is 3.60. The van der Waals surface area contributed by atoms with E-state index in [4.69, 9.17) is 4.74 Å². The average molecular weight is 274 g/mol. The topological polar surface area (TPSA) is 34.1 Å². The van der Waals surface area contributed by atoms with E-state index in [9.17, 15) is 4.39 Å². The molecule has 0 saturated carbocycles. The summed E-state index contributed by atoms with van der Waals surface area (Å²) in [7, 11) is 1.82. The second-order valence-electron chi connectivity index (χ2n) is 4.61. The van der Waals surface area contributed by atoms with Crippen molar-refractivity contribution in [3.8, 4) is 11.5 Å². The van der Waals surface area contributed by atoms with Gasteiger partial charge in [-0.2, -0.15) is 0 Å². The van der Waals surface area contributed by atoms with Gasteiger partial charge in [-0.25, -0.2) is 4.39 Å². The van der Waals surface area contributed by atoms with Crippen molar-refractivity contribution in [2.75, 3.05) is 7.05 Å². The SMILES string of the molecule is CCc1nc(C)ccc1Oc1c(F)cccc1CNC. The van der Waals surface area contributed by atoms with Gasteiger partial charge < -0.3 is 10.1 Å². The Bertz CT molecular complexity index is 599. The molecule has 1 aromatic carbocycles. The standard InChI is InChI=1S/C16H19FN2O/c1-4-14-15(9-8-11(2)19-14)20-16-12(10-18-3)6-5-7-13(16)17/h5-9,18H,4,10H2,1-3H3. The maximum Gasteiger partial charge on any atom is 0.167 e. The molecular formula is C16H19FN2O. The molecule has 106 valence electrons. The molecule has 0 aliphatic rings. The summed E-state index contributed by atoms with van der Waals surface area (Å²) in [5, 5.41) is 3.01. The predicted molar refractivity (Wildman–Crippen MR) is 77.6 cm³/mol. The number of aromatic nitrogens is 1. The lowest BCUT2D eigenvalue weighted by Crippen LogP contribution is -2.07. The Balaban J connectivity index is 2.39. The summed E-state index contributed by atoms with van der Waals surface area (Å²) in [6, 6.07) is 8.65. The molecule has 1 N–H and O–H groups in total. The molecule has 0 bridgehead atoms. The highest BCUT2D eigenvalue weighted by molar-refractivity contribution is 5.40. The van der Waals surface area contributed by atoms with Gasteiger partial charge in [0, 0.05) is 17.8 Å². The average Bonchev–Trinajstić information content (AvgIpc) is 2.44. The number of pyridine rings is 1. The first kappa shape index (κ1) is 14.5. The van der Waals surface area contributed by atoms with E-state index in [1.165, 1.54) is 6.07 Å². The van der Waals surface area contributed by atoms with Gasteiger partial charge in [-0.15, -0.1) is 0 Å². The maximum absolute atomic E-state index is 14.0. The minimum atomic E-state index is -0.361. The van der Waals surface area contributed by atoms with Gasteiger partial charge in [0.05, 0.1) is 5.69 Å². The van der Waals surface area contributed by atoms with Crippen LogP contribution in [-0.4, -0.2) is 12.0 Å². The quantitative estimate of drug-likeness (QED) is 0.904. The summed E-state index contributed by atoms with van der Waals surface area (Å²) >= 11 is 0. The monoisotopic (exact) mass is 274 g/mol. The van der Waals surface area contributed by atoms with Crippen molar-refractivity contribution in [3.63, 3.8) is 0 Å².